The van der Waals surface area contributed by atoms with Gasteiger partial charge in [0.2, 0.25) is 0 Å². The molecule has 8 nitrogen and oxygen atoms in total. The lowest BCUT2D eigenvalue weighted by atomic mass is 9.85. The highest BCUT2D eigenvalue weighted by atomic mass is 19.1. The number of hydrogen-bond acceptors (Lipinski definition) is 6. The maximum Gasteiger partial charge on any atom is 0.405 e. The number of benzene rings is 1. The van der Waals surface area contributed by atoms with Gasteiger partial charge in [0.05, 0.1) is 25.9 Å². The number of carbonyl (C=O) groups excluding carboxylic acids is 2. The fraction of sp³-hybridized carbons (Fsp3) is 0.724. The van der Waals surface area contributed by atoms with Crippen molar-refractivity contribution in [1.82, 2.24) is 4.90 Å². The van der Waals surface area contributed by atoms with E-state index < -0.39 is 12.2 Å². The summed E-state index contributed by atoms with van der Waals surface area (Å²) < 4.78 is 28.9. The molecular weight excluding hydrogens is 489 g/mol. The van der Waals surface area contributed by atoms with Crippen molar-refractivity contribution >= 4 is 17.7 Å². The van der Waals surface area contributed by atoms with Crippen LogP contribution in [0.25, 0.3) is 0 Å². The zero-order chi connectivity index (χ0) is 27.5. The van der Waals surface area contributed by atoms with Gasteiger partial charge in [-0.15, -0.1) is 0 Å². The van der Waals surface area contributed by atoms with Crippen LogP contribution in [0.1, 0.15) is 77.2 Å². The van der Waals surface area contributed by atoms with Crippen LogP contribution < -0.4 is 10.6 Å². The van der Waals surface area contributed by atoms with Crippen LogP contribution >= 0.6 is 0 Å². The molecule has 2 N–H and O–H groups in total. The molecule has 1 unspecified atom stereocenters. The highest BCUT2D eigenvalue weighted by Crippen LogP contribution is 2.38. The zero-order valence-electron chi connectivity index (χ0n) is 23.3. The van der Waals surface area contributed by atoms with Gasteiger partial charge in [-0.05, 0) is 42.5 Å². The Hall–Kier alpha value is -2.39. The predicted molar refractivity (Wildman–Crippen MR) is 146 cm³/mol. The summed E-state index contributed by atoms with van der Waals surface area (Å²) in [6.45, 7) is 11.0. The molecule has 1 saturated carbocycles. The van der Waals surface area contributed by atoms with Crippen LogP contribution in [-0.2, 0) is 19.0 Å². The van der Waals surface area contributed by atoms with Gasteiger partial charge in [0.1, 0.15) is 5.82 Å². The third-order valence-electron chi connectivity index (χ3n) is 7.78. The molecule has 3 atom stereocenters. The molecule has 214 valence electrons. The third kappa shape index (κ3) is 8.30. The van der Waals surface area contributed by atoms with Crippen molar-refractivity contribution < 1.29 is 28.2 Å². The smallest absolute Gasteiger partial charge is 0.405 e. The molecule has 1 aliphatic carbocycles. The van der Waals surface area contributed by atoms with Crippen molar-refractivity contribution in [2.24, 2.45) is 11.7 Å². The Kier molecular flexibility index (Phi) is 12.1. The van der Waals surface area contributed by atoms with Gasteiger partial charge < -0.3 is 29.7 Å². The van der Waals surface area contributed by atoms with Crippen molar-refractivity contribution in [1.29, 1.82) is 0 Å². The van der Waals surface area contributed by atoms with Crippen LogP contribution in [0.3, 0.4) is 0 Å². The number of hydrogen-bond donors (Lipinski definition) is 1. The molecule has 1 aromatic carbocycles. The molecule has 0 aromatic heterocycles. The van der Waals surface area contributed by atoms with Crippen molar-refractivity contribution in [3.8, 4) is 0 Å². The van der Waals surface area contributed by atoms with Gasteiger partial charge in [0.25, 0.3) is 5.91 Å². The summed E-state index contributed by atoms with van der Waals surface area (Å²) in [7, 11) is 0. The summed E-state index contributed by atoms with van der Waals surface area (Å²) >= 11 is 0. The molecule has 4 aliphatic rings. The molecule has 0 radical (unpaired) electrons. The fourth-order valence-electron chi connectivity index (χ4n) is 5.84. The maximum absolute atomic E-state index is 13.2. The number of morpholine rings is 1. The monoisotopic (exact) mass is 535 g/mol. The topological polar surface area (TPSA) is 94.3 Å². The summed E-state index contributed by atoms with van der Waals surface area (Å²) in [6.07, 6.45) is 5.95. The van der Waals surface area contributed by atoms with Crippen molar-refractivity contribution in [2.45, 2.75) is 83.8 Å². The van der Waals surface area contributed by atoms with E-state index >= 15 is 0 Å². The first kappa shape index (κ1) is 30.2. The normalized spacial score (nSPS) is 23.9. The minimum absolute atomic E-state index is 0.127. The van der Waals surface area contributed by atoms with E-state index in [1.165, 1.54) is 24.9 Å². The van der Waals surface area contributed by atoms with Crippen LogP contribution in [0.4, 0.5) is 14.9 Å². The number of primary amides is 1. The SMILES string of the molecule is CC.CC1CN([C@@H]2CCOC2)c2ccc(F)cc21.NC(=O)O[C@@H](CC1CCCCC1)C(=O)N1CCOCC1. The molecule has 1 aromatic rings. The van der Waals surface area contributed by atoms with E-state index in [0.29, 0.717) is 50.6 Å². The van der Waals surface area contributed by atoms with Crippen LogP contribution in [0.2, 0.25) is 0 Å². The number of nitrogens with zero attached hydrogens (tertiary/aromatic N) is 2. The molecule has 0 bridgehead atoms. The van der Waals surface area contributed by atoms with Crippen molar-refractivity contribution in [3.05, 3.63) is 29.6 Å². The predicted octanol–water partition coefficient (Wildman–Crippen LogP) is 4.84. The number of ether oxygens (including phenoxy) is 3. The molecule has 3 fully saturated rings. The van der Waals surface area contributed by atoms with Gasteiger partial charge in [0, 0.05) is 37.8 Å². The summed E-state index contributed by atoms with van der Waals surface area (Å²) in [5.74, 6) is 0.622. The number of carbonyl (C=O) groups is 2. The molecule has 0 spiro atoms. The molecule has 2 amide bonds. The molecule has 38 heavy (non-hydrogen) atoms. The molecule has 5 rings (SSSR count). The third-order valence-corrected chi connectivity index (χ3v) is 7.78. The van der Waals surface area contributed by atoms with E-state index in [1.54, 1.807) is 17.0 Å². The Morgan fingerprint density at radius 2 is 1.79 bits per heavy atom. The van der Waals surface area contributed by atoms with Crippen LogP contribution in [0.15, 0.2) is 18.2 Å². The van der Waals surface area contributed by atoms with Crippen LogP contribution in [0, 0.1) is 11.7 Å². The van der Waals surface area contributed by atoms with Crippen molar-refractivity contribution in [3.63, 3.8) is 0 Å². The minimum atomic E-state index is -0.868. The Morgan fingerprint density at radius 3 is 2.42 bits per heavy atom. The first-order chi connectivity index (χ1) is 18.4. The van der Waals surface area contributed by atoms with Crippen molar-refractivity contribution in [2.75, 3.05) is 51.0 Å². The number of halogens is 1. The lowest BCUT2D eigenvalue weighted by Crippen LogP contribution is -2.48. The van der Waals surface area contributed by atoms with E-state index in [-0.39, 0.29) is 11.7 Å². The molecular formula is C29H46FN3O5. The molecule has 3 aliphatic heterocycles. The summed E-state index contributed by atoms with van der Waals surface area (Å²) in [5, 5.41) is 0. The van der Waals surface area contributed by atoms with Gasteiger partial charge in [-0.2, -0.15) is 0 Å². The Bertz CT molecular complexity index is 883. The number of fused-ring (bicyclic) bond motifs is 1. The second-order valence-corrected chi connectivity index (χ2v) is 10.4. The lowest BCUT2D eigenvalue weighted by Gasteiger charge is -2.32. The summed E-state index contributed by atoms with van der Waals surface area (Å²) in [5.41, 5.74) is 7.45. The maximum atomic E-state index is 13.2. The second-order valence-electron chi connectivity index (χ2n) is 10.4. The molecule has 9 heteroatoms. The van der Waals surface area contributed by atoms with Crippen LogP contribution in [0.5, 0.6) is 0 Å². The highest BCUT2D eigenvalue weighted by Gasteiger charge is 2.33. The van der Waals surface area contributed by atoms with E-state index in [9.17, 15) is 14.0 Å². The van der Waals surface area contributed by atoms with E-state index in [2.05, 4.69) is 11.8 Å². The zero-order valence-corrected chi connectivity index (χ0v) is 23.3. The van der Waals surface area contributed by atoms with E-state index in [4.69, 9.17) is 19.9 Å². The summed E-state index contributed by atoms with van der Waals surface area (Å²) in [4.78, 5) is 27.6. The highest BCUT2D eigenvalue weighted by molar-refractivity contribution is 5.83. The van der Waals surface area contributed by atoms with Gasteiger partial charge in [-0.3, -0.25) is 4.79 Å². The quantitative estimate of drug-likeness (QED) is 0.580. The molecule has 3 heterocycles. The number of anilines is 1. The first-order valence-electron chi connectivity index (χ1n) is 14.4. The van der Waals surface area contributed by atoms with Gasteiger partial charge in [-0.1, -0.05) is 52.9 Å². The number of nitrogens with two attached hydrogens (primary N) is 1. The Morgan fingerprint density at radius 1 is 1.08 bits per heavy atom. The summed E-state index contributed by atoms with van der Waals surface area (Å²) in [6, 6.07) is 5.62. The average molecular weight is 536 g/mol. The van der Waals surface area contributed by atoms with Gasteiger partial charge >= 0.3 is 6.09 Å². The van der Waals surface area contributed by atoms with Gasteiger partial charge in [-0.25, -0.2) is 9.18 Å². The van der Waals surface area contributed by atoms with E-state index in [0.717, 1.165) is 44.6 Å². The second kappa shape index (κ2) is 15.3. The van der Waals surface area contributed by atoms with Gasteiger partial charge in [0.15, 0.2) is 6.10 Å². The van der Waals surface area contributed by atoms with Crippen LogP contribution in [-0.4, -0.2) is 75.1 Å². The Labute approximate surface area is 227 Å². The lowest BCUT2D eigenvalue weighted by molar-refractivity contribution is -0.145. The largest absolute Gasteiger partial charge is 0.436 e. The Balaban J connectivity index is 0.000000201. The standard InChI is InChI=1S/C14H24N2O4.C13H16FNO.C2H6/c15-14(18)20-12(10-11-4-2-1-3-5-11)13(17)16-6-8-19-9-7-16;1-9-7-15(11-4-5-16-8-11)13-3-2-10(14)6-12(9)13;1-2/h11-12H,1-10H2,(H2,15,18);2-3,6,9,11H,4-5,7-8H2,1H3;1-2H3/t12-;9?,11-;/m01./s1. The average Bonchev–Trinajstić information content (AvgIpc) is 3.58. The number of amides is 2. The molecule has 2 saturated heterocycles. The first-order valence-corrected chi connectivity index (χ1v) is 14.4. The van der Waals surface area contributed by atoms with E-state index in [1.807, 2.05) is 19.9 Å². The fourth-order valence-corrected chi connectivity index (χ4v) is 5.84. The number of rotatable bonds is 5. The minimum Gasteiger partial charge on any atom is -0.436 e.